The molecular weight excluding hydrogens is 136 g/mol. The highest BCUT2D eigenvalue weighted by Crippen LogP contribution is 2.02. The lowest BCUT2D eigenvalue weighted by atomic mass is 10.1. The van der Waals surface area contributed by atoms with Gasteiger partial charge in [0.2, 0.25) is 0 Å². The quantitative estimate of drug-likeness (QED) is 0.434. The molecule has 0 aliphatic rings. The summed E-state index contributed by atoms with van der Waals surface area (Å²) in [5, 5.41) is 0. The normalized spacial score (nSPS) is 11.5. The third-order valence-corrected chi connectivity index (χ3v) is 1.22. The molecule has 0 radical (unpaired) electrons. The summed E-state index contributed by atoms with van der Waals surface area (Å²) in [5.74, 6) is 0.441. The van der Waals surface area contributed by atoms with Crippen molar-refractivity contribution in [2.75, 3.05) is 0 Å². The molecule has 0 bridgehead atoms. The predicted octanol–water partition coefficient (Wildman–Crippen LogP) is 2.44. The Labute approximate surface area is 68.1 Å². The lowest BCUT2D eigenvalue weighted by molar-refractivity contribution is 0.810. The minimum absolute atomic E-state index is 0.441. The van der Waals surface area contributed by atoms with E-state index in [1.165, 1.54) is 12.5 Å². The minimum atomic E-state index is 0.441. The van der Waals surface area contributed by atoms with Gasteiger partial charge in [-0.2, -0.15) is 0 Å². The third kappa shape index (κ3) is 5.27. The molecule has 0 spiro atoms. The highest BCUT2D eigenvalue weighted by atomic mass is 14.8. The molecule has 0 aliphatic carbocycles. The zero-order valence-corrected chi connectivity index (χ0v) is 7.12. The highest BCUT2D eigenvalue weighted by Gasteiger charge is 1.93. The molecule has 0 aromatic carbocycles. The topological polar surface area (TPSA) is 24.7 Å². The van der Waals surface area contributed by atoms with Gasteiger partial charge in [-0.25, -0.2) is 9.98 Å². The molecule has 0 N–H and O–H groups in total. The molecule has 2 nitrogen and oxygen atoms in total. The van der Waals surface area contributed by atoms with Crippen molar-refractivity contribution < 1.29 is 0 Å². The van der Waals surface area contributed by atoms with Crippen molar-refractivity contribution in [2.24, 2.45) is 15.9 Å². The number of nitrogens with zero attached hydrogens (tertiary/aromatic N) is 2. The molecule has 2 heteroatoms. The molecule has 0 aromatic heterocycles. The number of aliphatic imine (C=N–C) groups is 2. The van der Waals surface area contributed by atoms with Crippen LogP contribution in [0.3, 0.4) is 0 Å². The second-order valence-corrected chi connectivity index (χ2v) is 2.45. The van der Waals surface area contributed by atoms with Crippen LogP contribution in [0.2, 0.25) is 0 Å². The first-order valence-electron chi connectivity index (χ1n) is 3.53. The first kappa shape index (κ1) is 9.82. The predicted molar refractivity (Wildman–Crippen MR) is 51.2 cm³/mol. The number of allylic oxidation sites excluding steroid dienone is 1. The van der Waals surface area contributed by atoms with Gasteiger partial charge in [-0.3, -0.25) is 0 Å². The van der Waals surface area contributed by atoms with Crippen LogP contribution >= 0.6 is 0 Å². The molecular formula is C9H14N2. The fourth-order valence-electron chi connectivity index (χ4n) is 0.364. The first-order chi connectivity index (χ1) is 5.18. The van der Waals surface area contributed by atoms with Crippen molar-refractivity contribution in [3.05, 3.63) is 24.9 Å². The Bertz CT molecular complexity index is 188. The first-order valence-corrected chi connectivity index (χ1v) is 3.53. The van der Waals surface area contributed by atoms with Gasteiger partial charge in [0.1, 0.15) is 6.34 Å². The summed E-state index contributed by atoms with van der Waals surface area (Å²) in [7, 11) is 0. The zero-order chi connectivity index (χ0) is 8.69. The van der Waals surface area contributed by atoms with E-state index in [1.807, 2.05) is 0 Å². The average Bonchev–Trinajstić information content (AvgIpc) is 1.97. The summed E-state index contributed by atoms with van der Waals surface area (Å²) in [6, 6.07) is 0. The largest absolute Gasteiger partial charge is 0.246 e. The highest BCUT2D eigenvalue weighted by molar-refractivity contribution is 5.84. The van der Waals surface area contributed by atoms with Gasteiger partial charge in [0.05, 0.1) is 0 Å². The summed E-state index contributed by atoms with van der Waals surface area (Å²) in [4.78, 5) is 7.60. The molecule has 0 aliphatic heterocycles. The molecule has 60 valence electrons. The monoisotopic (exact) mass is 150 g/mol. The average molecular weight is 150 g/mol. The van der Waals surface area contributed by atoms with Crippen LogP contribution in [0.15, 0.2) is 34.9 Å². The maximum atomic E-state index is 3.89. The molecule has 0 atom stereocenters. The van der Waals surface area contributed by atoms with Crippen molar-refractivity contribution in [1.29, 1.82) is 0 Å². The van der Waals surface area contributed by atoms with Crippen molar-refractivity contribution in [2.45, 2.75) is 13.8 Å². The van der Waals surface area contributed by atoms with Gasteiger partial charge in [-0.1, -0.05) is 27.0 Å². The summed E-state index contributed by atoms with van der Waals surface area (Å²) < 4.78 is 0. The fourth-order valence-corrected chi connectivity index (χ4v) is 0.364. The Kier molecular flexibility index (Phi) is 4.99. The van der Waals surface area contributed by atoms with E-state index < -0.39 is 0 Å². The lowest BCUT2D eigenvalue weighted by Crippen LogP contribution is -1.92. The van der Waals surface area contributed by atoms with Gasteiger partial charge in [0, 0.05) is 12.4 Å². The van der Waals surface area contributed by atoms with Crippen LogP contribution in [0.25, 0.3) is 0 Å². The molecule has 0 fully saturated rings. The van der Waals surface area contributed by atoms with E-state index in [-0.39, 0.29) is 0 Å². The van der Waals surface area contributed by atoms with E-state index in [0.29, 0.717) is 5.92 Å². The van der Waals surface area contributed by atoms with Crippen molar-refractivity contribution in [1.82, 2.24) is 0 Å². The Morgan fingerprint density at radius 3 is 2.45 bits per heavy atom. The van der Waals surface area contributed by atoms with Crippen molar-refractivity contribution in [3.8, 4) is 0 Å². The number of hydrogen-bond donors (Lipinski definition) is 0. The Morgan fingerprint density at radius 2 is 2.00 bits per heavy atom. The van der Waals surface area contributed by atoms with Gasteiger partial charge < -0.3 is 0 Å². The van der Waals surface area contributed by atoms with E-state index in [1.54, 1.807) is 6.21 Å². The van der Waals surface area contributed by atoms with E-state index in [2.05, 4.69) is 37.0 Å². The number of hydrogen-bond acceptors (Lipinski definition) is 1. The van der Waals surface area contributed by atoms with E-state index in [0.717, 1.165) is 5.57 Å². The van der Waals surface area contributed by atoms with Gasteiger partial charge in [0.15, 0.2) is 0 Å². The van der Waals surface area contributed by atoms with E-state index >= 15 is 0 Å². The smallest absolute Gasteiger partial charge is 0.115 e. The van der Waals surface area contributed by atoms with Crippen LogP contribution in [-0.4, -0.2) is 12.6 Å². The molecule has 0 heterocycles. The molecule has 0 aromatic rings. The van der Waals surface area contributed by atoms with Gasteiger partial charge in [0.25, 0.3) is 0 Å². The molecule has 0 amide bonds. The van der Waals surface area contributed by atoms with Crippen LogP contribution in [0.4, 0.5) is 0 Å². The maximum absolute atomic E-state index is 3.89. The van der Waals surface area contributed by atoms with Crippen molar-refractivity contribution >= 4 is 12.6 Å². The zero-order valence-electron chi connectivity index (χ0n) is 7.12. The Morgan fingerprint density at radius 1 is 1.36 bits per heavy atom. The summed E-state index contributed by atoms with van der Waals surface area (Å²) >= 11 is 0. The summed E-state index contributed by atoms with van der Waals surface area (Å²) in [5.41, 5.74) is 1.00. The second-order valence-electron chi connectivity index (χ2n) is 2.45. The van der Waals surface area contributed by atoms with Crippen LogP contribution in [-0.2, 0) is 0 Å². The van der Waals surface area contributed by atoms with Crippen LogP contribution < -0.4 is 0 Å². The van der Waals surface area contributed by atoms with Crippen molar-refractivity contribution in [3.63, 3.8) is 0 Å². The van der Waals surface area contributed by atoms with E-state index in [4.69, 9.17) is 0 Å². The van der Waals surface area contributed by atoms with E-state index in [9.17, 15) is 0 Å². The van der Waals surface area contributed by atoms with Gasteiger partial charge in [-0.15, -0.1) is 0 Å². The molecule has 0 rings (SSSR count). The lowest BCUT2D eigenvalue weighted by Gasteiger charge is -1.99. The summed E-state index contributed by atoms with van der Waals surface area (Å²) in [6.07, 6.45) is 4.59. The Balaban J connectivity index is 3.83. The van der Waals surface area contributed by atoms with Crippen LogP contribution in [0.1, 0.15) is 13.8 Å². The van der Waals surface area contributed by atoms with Crippen LogP contribution in [0, 0.1) is 5.92 Å². The molecule has 11 heavy (non-hydrogen) atoms. The third-order valence-electron chi connectivity index (χ3n) is 1.22. The standard InChI is InChI=1S/C9H14N2/c1-5-10-7-11-6-9(4)8(2)3/h5-8H,1,4H2,2-3H3. The SMILES string of the molecule is C=CN=CN=CC(=C)C(C)C. The molecule has 0 unspecified atom stereocenters. The minimum Gasteiger partial charge on any atom is -0.246 e. The Hall–Kier alpha value is -1.18. The fraction of sp³-hybridized carbons (Fsp3) is 0.333. The second kappa shape index (κ2) is 5.59. The van der Waals surface area contributed by atoms with Gasteiger partial charge in [-0.05, 0) is 11.5 Å². The summed E-state index contributed by atoms with van der Waals surface area (Å²) in [6.45, 7) is 11.4. The molecule has 0 saturated heterocycles. The van der Waals surface area contributed by atoms with Gasteiger partial charge >= 0.3 is 0 Å². The number of rotatable bonds is 4. The van der Waals surface area contributed by atoms with Crippen LogP contribution in [0.5, 0.6) is 0 Å². The molecule has 0 saturated carbocycles. The maximum Gasteiger partial charge on any atom is 0.115 e.